The van der Waals surface area contributed by atoms with Crippen molar-refractivity contribution in [1.82, 2.24) is 0 Å². The van der Waals surface area contributed by atoms with Crippen LogP contribution in [0.4, 0.5) is 0 Å². The summed E-state index contributed by atoms with van der Waals surface area (Å²) in [7, 11) is -1.77. The van der Waals surface area contributed by atoms with Crippen molar-refractivity contribution in [3.05, 3.63) is 0 Å². The monoisotopic (exact) mass is 487 g/mol. The van der Waals surface area contributed by atoms with Gasteiger partial charge >= 0.3 is 0 Å². The molecule has 0 N–H and O–H groups in total. The van der Waals surface area contributed by atoms with Gasteiger partial charge in [0.05, 0.1) is 26.2 Å². The Bertz CT molecular complexity index is 425. The maximum atomic E-state index is 11.1. The minimum Gasteiger partial charge on any atom is -1.00 e. The Labute approximate surface area is 185 Å². The van der Waals surface area contributed by atoms with Crippen LogP contribution in [0.5, 0.6) is 0 Å². The Morgan fingerprint density at radius 2 is 1.07 bits per heavy atom. The van der Waals surface area contributed by atoms with Crippen molar-refractivity contribution in [3.63, 3.8) is 0 Å². The van der Waals surface area contributed by atoms with Gasteiger partial charge in [-0.25, -0.2) is 8.42 Å². The van der Waals surface area contributed by atoms with Crippen molar-refractivity contribution in [2.45, 2.75) is 80.1 Å². The van der Waals surface area contributed by atoms with Gasteiger partial charge in [0.1, 0.15) is 0 Å². The van der Waals surface area contributed by atoms with Gasteiger partial charge in [-0.05, 0) is 30.1 Å². The molecular weight excluding hydrogens is 442 g/mol. The minimum atomic E-state index is -2.86. The lowest BCUT2D eigenvalue weighted by Crippen LogP contribution is -3.00. The van der Waals surface area contributed by atoms with E-state index < -0.39 is 8.87 Å². The van der Waals surface area contributed by atoms with Crippen LogP contribution in [-0.4, -0.2) is 51.1 Å². The second-order valence-electron chi connectivity index (χ2n) is 9.44. The number of hydrogen-bond acceptors (Lipinski definition) is 3. The topological polar surface area (TPSA) is 34.1 Å². The van der Waals surface area contributed by atoms with Crippen molar-refractivity contribution in [2.75, 3.05) is 38.2 Å². The first-order chi connectivity index (χ1) is 12.0. The van der Waals surface area contributed by atoms with Crippen LogP contribution in [-0.2, 0) is 8.87 Å². The van der Waals surface area contributed by atoms with Crippen LogP contribution >= 0.6 is 10.8 Å². The van der Waals surface area contributed by atoms with Gasteiger partial charge in [-0.3, -0.25) is 0 Å². The van der Waals surface area contributed by atoms with E-state index in [1.807, 2.05) is 0 Å². The summed E-state index contributed by atoms with van der Waals surface area (Å²) >= 11 is 0. The molecule has 0 fully saturated rings. The first-order valence-corrected chi connectivity index (χ1v) is 14.0. The molecule has 0 aliphatic heterocycles. The summed E-state index contributed by atoms with van der Waals surface area (Å²) in [6, 6.07) is 0. The lowest BCUT2D eigenvalue weighted by Gasteiger charge is -2.43. The number of unbranched alkanes of at least 4 members (excludes halogenated alkanes) is 5. The second kappa shape index (κ2) is 15.6. The fraction of sp³-hybridized carbons (Fsp3) is 1.00. The maximum Gasteiger partial charge on any atom is 0.198 e. The number of rotatable bonds is 16. The molecule has 0 spiro atoms. The zero-order valence-corrected chi connectivity index (χ0v) is 22.2. The van der Waals surface area contributed by atoms with Gasteiger partial charge in [0, 0.05) is 29.8 Å². The molecule has 0 aromatic rings. The molecule has 3 nitrogen and oxygen atoms in total. The average molecular weight is 489 g/mol. The van der Waals surface area contributed by atoms with Gasteiger partial charge in [0.15, 0.2) is 8.87 Å². The Kier molecular flexibility index (Phi) is 17.3. The van der Waals surface area contributed by atoms with E-state index in [0.29, 0.717) is 0 Å². The molecule has 0 radical (unpaired) electrons. The minimum absolute atomic E-state index is 0. The van der Waals surface area contributed by atoms with Gasteiger partial charge < -0.3 is 21.5 Å². The molecule has 0 unspecified atom stereocenters. The highest BCUT2D eigenvalue weighted by Gasteiger charge is 2.30. The molecule has 0 rings (SSSR count). The molecule has 0 saturated carbocycles. The van der Waals surface area contributed by atoms with E-state index in [0.717, 1.165) is 47.1 Å². The molecule has 0 heterocycles. The van der Waals surface area contributed by atoms with Gasteiger partial charge in [0.2, 0.25) is 0 Å². The molecule has 6 heteroatoms. The largest absolute Gasteiger partial charge is 1.00 e. The highest BCUT2D eigenvalue weighted by atomic mass is 79.9. The zero-order chi connectivity index (χ0) is 20.2. The van der Waals surface area contributed by atoms with E-state index in [9.17, 15) is 8.42 Å². The van der Waals surface area contributed by atoms with Crippen LogP contribution in [0.3, 0.4) is 0 Å². The highest BCUT2D eigenvalue weighted by Crippen LogP contribution is 2.21. The number of halogens is 1. The SMILES string of the molecule is CC(C)C[N+](CCCCCCCCSS(C)(=O)=O)(CC(C)C)CC(C)C.[Br-]. The average Bonchev–Trinajstić information content (AvgIpc) is 2.41. The van der Waals surface area contributed by atoms with E-state index in [4.69, 9.17) is 0 Å². The van der Waals surface area contributed by atoms with Gasteiger partial charge in [0.25, 0.3) is 0 Å². The number of hydrogen-bond donors (Lipinski definition) is 0. The molecule has 0 aromatic carbocycles. The fourth-order valence-electron chi connectivity index (χ4n) is 4.29. The normalized spacial score (nSPS) is 12.8. The zero-order valence-electron chi connectivity index (χ0n) is 19.0. The molecule has 0 bridgehead atoms. The first kappa shape index (κ1) is 29.9. The fourth-order valence-corrected chi connectivity index (χ4v) is 6.17. The smallest absolute Gasteiger partial charge is 0.198 e. The van der Waals surface area contributed by atoms with Crippen LogP contribution in [0.2, 0.25) is 0 Å². The Morgan fingerprint density at radius 1 is 0.704 bits per heavy atom. The number of quaternary nitrogens is 1. The Morgan fingerprint density at radius 3 is 1.44 bits per heavy atom. The lowest BCUT2D eigenvalue weighted by molar-refractivity contribution is -0.936. The van der Waals surface area contributed by atoms with Gasteiger partial charge in [-0.2, -0.15) is 0 Å². The lowest BCUT2D eigenvalue weighted by atomic mass is 10.0. The third kappa shape index (κ3) is 18.5. The Balaban J connectivity index is 0. The predicted molar refractivity (Wildman–Crippen MR) is 119 cm³/mol. The first-order valence-electron chi connectivity index (χ1n) is 10.7. The molecular formula is C21H46BrNO2S2. The summed E-state index contributed by atoms with van der Waals surface area (Å²) in [6.45, 7) is 19.4. The number of nitrogens with zero attached hydrogens (tertiary/aromatic N) is 1. The van der Waals surface area contributed by atoms with Crippen molar-refractivity contribution in [1.29, 1.82) is 0 Å². The maximum absolute atomic E-state index is 11.1. The summed E-state index contributed by atoms with van der Waals surface area (Å²) in [6.07, 6.45) is 8.64. The summed E-state index contributed by atoms with van der Waals surface area (Å²) in [5, 5.41) is 0. The standard InChI is InChI=1S/C21H46NO2S2.BrH/c1-19(2)16-22(17-20(3)4,18-21(5)6)14-12-10-8-9-11-13-15-25-26(7,23)24;/h19-21H,8-18H2,1-7H3;1H/q+1;/p-1. The molecule has 0 aromatic heterocycles. The third-order valence-electron chi connectivity index (χ3n) is 4.58. The van der Waals surface area contributed by atoms with Gasteiger partial charge in [-0.1, -0.05) is 60.8 Å². The van der Waals surface area contributed by atoms with Crippen LogP contribution in [0.25, 0.3) is 0 Å². The highest BCUT2D eigenvalue weighted by molar-refractivity contribution is 8.71. The van der Waals surface area contributed by atoms with E-state index in [1.165, 1.54) is 62.6 Å². The molecule has 0 amide bonds. The van der Waals surface area contributed by atoms with E-state index in [2.05, 4.69) is 41.5 Å². The van der Waals surface area contributed by atoms with Crippen LogP contribution in [0.1, 0.15) is 80.1 Å². The summed E-state index contributed by atoms with van der Waals surface area (Å²) < 4.78 is 23.5. The molecule has 0 atom stereocenters. The van der Waals surface area contributed by atoms with Crippen molar-refractivity contribution >= 4 is 19.7 Å². The van der Waals surface area contributed by atoms with E-state index in [1.54, 1.807) is 0 Å². The molecule has 0 aliphatic carbocycles. The van der Waals surface area contributed by atoms with E-state index >= 15 is 0 Å². The molecule has 166 valence electrons. The second-order valence-corrected chi connectivity index (χ2v) is 14.0. The van der Waals surface area contributed by atoms with Gasteiger partial charge in [-0.15, -0.1) is 0 Å². The predicted octanol–water partition coefficient (Wildman–Crippen LogP) is 2.81. The van der Waals surface area contributed by atoms with Crippen molar-refractivity contribution in [2.24, 2.45) is 17.8 Å². The molecule has 27 heavy (non-hydrogen) atoms. The molecule has 0 aliphatic rings. The quantitative estimate of drug-likeness (QED) is 0.190. The Hall–Kier alpha value is 0.740. The summed E-state index contributed by atoms with van der Waals surface area (Å²) in [5.41, 5.74) is 0. The van der Waals surface area contributed by atoms with Crippen LogP contribution < -0.4 is 17.0 Å². The molecule has 0 saturated heterocycles. The summed E-state index contributed by atoms with van der Waals surface area (Å²) in [5.74, 6) is 3.00. The third-order valence-corrected chi connectivity index (χ3v) is 7.25. The van der Waals surface area contributed by atoms with Crippen LogP contribution in [0.15, 0.2) is 0 Å². The van der Waals surface area contributed by atoms with Crippen LogP contribution in [0, 0.1) is 17.8 Å². The van der Waals surface area contributed by atoms with Crippen molar-refractivity contribution in [3.8, 4) is 0 Å². The summed E-state index contributed by atoms with van der Waals surface area (Å²) in [4.78, 5) is 0. The van der Waals surface area contributed by atoms with E-state index in [-0.39, 0.29) is 17.0 Å². The van der Waals surface area contributed by atoms with Crippen molar-refractivity contribution < 1.29 is 29.9 Å².